The molecule has 0 aromatic heterocycles. The van der Waals surface area contributed by atoms with Gasteiger partial charge in [0.1, 0.15) is 5.75 Å². The third-order valence-corrected chi connectivity index (χ3v) is 2.64. The highest BCUT2D eigenvalue weighted by atomic mass is 35.5. The van der Waals surface area contributed by atoms with Gasteiger partial charge in [0.05, 0.1) is 13.7 Å². The Balaban J connectivity index is 2.57. The van der Waals surface area contributed by atoms with Crippen LogP contribution in [0.5, 0.6) is 5.75 Å². The van der Waals surface area contributed by atoms with Crippen LogP contribution in [0.4, 0.5) is 0 Å². The van der Waals surface area contributed by atoms with Crippen LogP contribution in [0, 0.1) is 0 Å². The zero-order valence-electron chi connectivity index (χ0n) is 10.4. The van der Waals surface area contributed by atoms with E-state index in [9.17, 15) is 0 Å². The molecular weight excluding hydrogens is 238 g/mol. The van der Waals surface area contributed by atoms with Crippen molar-refractivity contribution < 1.29 is 9.47 Å². The second-order valence-electron chi connectivity index (χ2n) is 4.00. The van der Waals surface area contributed by atoms with E-state index >= 15 is 0 Å². The molecule has 3 nitrogen and oxygen atoms in total. The molecule has 0 radical (unpaired) electrons. The molecule has 1 aromatic carbocycles. The topological polar surface area (TPSA) is 44.5 Å². The molecule has 96 valence electrons. The number of hydrogen-bond acceptors (Lipinski definition) is 3. The fourth-order valence-electron chi connectivity index (χ4n) is 1.63. The highest BCUT2D eigenvalue weighted by molar-refractivity contribution is 6.30. The van der Waals surface area contributed by atoms with E-state index in [1.54, 1.807) is 7.11 Å². The van der Waals surface area contributed by atoms with Gasteiger partial charge in [0.25, 0.3) is 0 Å². The van der Waals surface area contributed by atoms with E-state index in [2.05, 4.69) is 6.92 Å². The van der Waals surface area contributed by atoms with Gasteiger partial charge in [0, 0.05) is 17.7 Å². The summed E-state index contributed by atoms with van der Waals surface area (Å²) in [6.45, 7) is 3.38. The highest BCUT2D eigenvalue weighted by Crippen LogP contribution is 2.23. The van der Waals surface area contributed by atoms with Gasteiger partial charge in [-0.15, -0.1) is 0 Å². The van der Waals surface area contributed by atoms with Gasteiger partial charge in [-0.25, -0.2) is 0 Å². The van der Waals surface area contributed by atoms with Crippen molar-refractivity contribution in [2.45, 2.75) is 25.8 Å². The predicted molar refractivity (Wildman–Crippen MR) is 70.8 cm³/mol. The van der Waals surface area contributed by atoms with Crippen molar-refractivity contribution in [3.05, 3.63) is 28.8 Å². The molecule has 0 aliphatic rings. The molecule has 0 saturated carbocycles. The zero-order valence-corrected chi connectivity index (χ0v) is 11.2. The standard InChI is InChI=1S/C13H20ClNO2/c1-3-6-17-9-12(15)8-10-7-11(14)4-5-13(10)16-2/h4-5,7,12H,3,6,8-9,15H2,1-2H3. The molecule has 4 heteroatoms. The van der Waals surface area contributed by atoms with Crippen LogP contribution in [0.3, 0.4) is 0 Å². The van der Waals surface area contributed by atoms with Gasteiger partial charge in [-0.1, -0.05) is 18.5 Å². The molecule has 0 heterocycles. The Morgan fingerprint density at radius 2 is 2.18 bits per heavy atom. The van der Waals surface area contributed by atoms with E-state index in [0.29, 0.717) is 18.1 Å². The largest absolute Gasteiger partial charge is 0.496 e. The first-order valence-electron chi connectivity index (χ1n) is 5.83. The lowest BCUT2D eigenvalue weighted by Gasteiger charge is -2.14. The van der Waals surface area contributed by atoms with Crippen molar-refractivity contribution in [1.29, 1.82) is 0 Å². The third kappa shape index (κ3) is 4.94. The SMILES string of the molecule is CCCOCC(N)Cc1cc(Cl)ccc1OC. The summed E-state index contributed by atoms with van der Waals surface area (Å²) in [7, 11) is 1.64. The van der Waals surface area contributed by atoms with Gasteiger partial charge >= 0.3 is 0 Å². The number of hydrogen-bond donors (Lipinski definition) is 1. The van der Waals surface area contributed by atoms with E-state index < -0.39 is 0 Å². The minimum Gasteiger partial charge on any atom is -0.496 e. The van der Waals surface area contributed by atoms with Crippen molar-refractivity contribution >= 4 is 11.6 Å². The van der Waals surface area contributed by atoms with E-state index in [4.69, 9.17) is 26.8 Å². The van der Waals surface area contributed by atoms with Crippen molar-refractivity contribution in [2.24, 2.45) is 5.73 Å². The third-order valence-electron chi connectivity index (χ3n) is 2.40. The Bertz CT molecular complexity index is 344. The number of ether oxygens (including phenoxy) is 2. The first kappa shape index (κ1) is 14.3. The second-order valence-corrected chi connectivity index (χ2v) is 4.43. The molecule has 1 rings (SSSR count). The molecule has 0 fully saturated rings. The Kier molecular flexibility index (Phi) is 6.34. The van der Waals surface area contributed by atoms with E-state index in [0.717, 1.165) is 24.3 Å². The number of benzene rings is 1. The smallest absolute Gasteiger partial charge is 0.122 e. The molecule has 0 aliphatic heterocycles. The summed E-state index contributed by atoms with van der Waals surface area (Å²) in [5.74, 6) is 0.820. The van der Waals surface area contributed by atoms with Crippen LogP contribution in [-0.4, -0.2) is 26.4 Å². The number of methoxy groups -OCH3 is 1. The first-order chi connectivity index (χ1) is 8.17. The summed E-state index contributed by atoms with van der Waals surface area (Å²) >= 11 is 5.96. The lowest BCUT2D eigenvalue weighted by Crippen LogP contribution is -2.29. The molecule has 1 unspecified atom stereocenters. The van der Waals surface area contributed by atoms with Gasteiger partial charge in [-0.2, -0.15) is 0 Å². The predicted octanol–water partition coefficient (Wildman–Crippen LogP) is 2.65. The number of nitrogens with two attached hydrogens (primary N) is 1. The molecule has 0 bridgehead atoms. The monoisotopic (exact) mass is 257 g/mol. The van der Waals surface area contributed by atoms with Crippen molar-refractivity contribution in [2.75, 3.05) is 20.3 Å². The lowest BCUT2D eigenvalue weighted by atomic mass is 10.1. The van der Waals surface area contributed by atoms with Crippen LogP contribution >= 0.6 is 11.6 Å². The van der Waals surface area contributed by atoms with E-state index in [-0.39, 0.29) is 6.04 Å². The van der Waals surface area contributed by atoms with E-state index in [1.165, 1.54) is 0 Å². The lowest BCUT2D eigenvalue weighted by molar-refractivity contribution is 0.121. The van der Waals surface area contributed by atoms with Crippen LogP contribution < -0.4 is 10.5 Å². The molecule has 0 aliphatic carbocycles. The Labute approximate surface area is 108 Å². The molecule has 17 heavy (non-hydrogen) atoms. The van der Waals surface area contributed by atoms with Crippen molar-refractivity contribution in [3.8, 4) is 5.75 Å². The molecule has 1 aromatic rings. The van der Waals surface area contributed by atoms with Crippen LogP contribution in [0.1, 0.15) is 18.9 Å². The summed E-state index contributed by atoms with van der Waals surface area (Å²) in [4.78, 5) is 0. The average Bonchev–Trinajstić information content (AvgIpc) is 2.29. The van der Waals surface area contributed by atoms with Gasteiger partial charge in [0.15, 0.2) is 0 Å². The van der Waals surface area contributed by atoms with Gasteiger partial charge < -0.3 is 15.2 Å². The molecular formula is C13H20ClNO2. The Morgan fingerprint density at radius 3 is 2.82 bits per heavy atom. The second kappa shape index (κ2) is 7.54. The number of halogens is 1. The maximum atomic E-state index is 6.00. The minimum atomic E-state index is -0.0334. The molecule has 1 atom stereocenters. The Morgan fingerprint density at radius 1 is 1.41 bits per heavy atom. The van der Waals surface area contributed by atoms with Crippen molar-refractivity contribution in [1.82, 2.24) is 0 Å². The molecule has 0 spiro atoms. The maximum absolute atomic E-state index is 6.00. The average molecular weight is 258 g/mol. The van der Waals surface area contributed by atoms with Crippen molar-refractivity contribution in [3.63, 3.8) is 0 Å². The van der Waals surface area contributed by atoms with Gasteiger partial charge in [-0.3, -0.25) is 0 Å². The van der Waals surface area contributed by atoms with Gasteiger partial charge in [0.2, 0.25) is 0 Å². The van der Waals surface area contributed by atoms with Crippen LogP contribution in [0.25, 0.3) is 0 Å². The summed E-state index contributed by atoms with van der Waals surface area (Å²) in [5.41, 5.74) is 7.02. The van der Waals surface area contributed by atoms with Crippen LogP contribution in [0.2, 0.25) is 5.02 Å². The number of rotatable bonds is 7. The summed E-state index contributed by atoms with van der Waals surface area (Å²) in [5, 5.41) is 0.697. The van der Waals surface area contributed by atoms with Crippen LogP contribution in [-0.2, 0) is 11.2 Å². The molecule has 2 N–H and O–H groups in total. The fourth-order valence-corrected chi connectivity index (χ4v) is 1.82. The summed E-state index contributed by atoms with van der Waals surface area (Å²) in [6.07, 6.45) is 1.71. The highest BCUT2D eigenvalue weighted by Gasteiger charge is 2.09. The molecule has 0 amide bonds. The minimum absolute atomic E-state index is 0.0334. The summed E-state index contributed by atoms with van der Waals surface area (Å²) < 4.78 is 10.7. The molecule has 0 saturated heterocycles. The Hall–Kier alpha value is -0.770. The fraction of sp³-hybridized carbons (Fsp3) is 0.538. The normalized spacial score (nSPS) is 12.5. The first-order valence-corrected chi connectivity index (χ1v) is 6.21. The van der Waals surface area contributed by atoms with Crippen LogP contribution in [0.15, 0.2) is 18.2 Å². The van der Waals surface area contributed by atoms with E-state index in [1.807, 2.05) is 18.2 Å². The summed E-state index contributed by atoms with van der Waals surface area (Å²) in [6, 6.07) is 5.52. The zero-order chi connectivity index (χ0) is 12.7. The quantitative estimate of drug-likeness (QED) is 0.764. The van der Waals surface area contributed by atoms with Gasteiger partial charge in [-0.05, 0) is 36.6 Å². The maximum Gasteiger partial charge on any atom is 0.122 e.